The third-order valence-corrected chi connectivity index (χ3v) is 3.77. The van der Waals surface area contributed by atoms with Crippen molar-refractivity contribution in [2.45, 2.75) is 19.8 Å². The molecule has 5 heteroatoms. The second-order valence-electron chi connectivity index (χ2n) is 5.62. The van der Waals surface area contributed by atoms with Crippen molar-refractivity contribution in [2.75, 3.05) is 0 Å². The van der Waals surface area contributed by atoms with E-state index < -0.39 is 0 Å². The Morgan fingerprint density at radius 2 is 1.78 bits per heavy atom. The Kier molecular flexibility index (Phi) is 4.28. The number of hydrogen-bond acceptors (Lipinski definition) is 4. The first-order valence-corrected chi connectivity index (χ1v) is 7.51. The number of benzene rings is 2. The number of aryl methyl sites for hydroxylation is 2. The van der Waals surface area contributed by atoms with E-state index in [1.54, 1.807) is 7.05 Å². The summed E-state index contributed by atoms with van der Waals surface area (Å²) in [5, 5.41) is 12.0. The average molecular weight is 306 g/mol. The van der Waals surface area contributed by atoms with Crippen molar-refractivity contribution in [1.82, 2.24) is 20.2 Å². The summed E-state index contributed by atoms with van der Waals surface area (Å²) in [4.78, 5) is 13.7. The van der Waals surface area contributed by atoms with Crippen molar-refractivity contribution < 1.29 is 4.79 Å². The van der Waals surface area contributed by atoms with E-state index in [4.69, 9.17) is 0 Å². The Labute approximate surface area is 135 Å². The van der Waals surface area contributed by atoms with E-state index in [2.05, 4.69) is 15.4 Å². The molecule has 0 fully saturated rings. The van der Waals surface area contributed by atoms with Gasteiger partial charge in [0.05, 0.1) is 7.05 Å². The average Bonchev–Trinajstić information content (AvgIpc) is 2.97. The molecule has 1 aromatic heterocycles. The van der Waals surface area contributed by atoms with Gasteiger partial charge in [0, 0.05) is 18.4 Å². The van der Waals surface area contributed by atoms with Crippen molar-refractivity contribution in [1.29, 1.82) is 0 Å². The molecule has 0 aliphatic rings. The third kappa shape index (κ3) is 3.69. The maximum absolute atomic E-state index is 12.3. The standard InChI is InChI=1S/C18H18N4O/c1-13-5-3-4-6-16(13)12-17(23)11-14-7-9-15(10-8-14)18-19-21-22(2)20-18/h3-10H,11-12H2,1-2H3. The number of hydrogen-bond donors (Lipinski definition) is 0. The number of Topliss-reactive ketones (excluding diaryl/α,β-unsaturated/α-hetero) is 1. The lowest BCUT2D eigenvalue weighted by Crippen LogP contribution is -2.07. The molecule has 0 amide bonds. The molecule has 3 rings (SSSR count). The molecule has 1 heterocycles. The van der Waals surface area contributed by atoms with E-state index in [-0.39, 0.29) is 5.78 Å². The summed E-state index contributed by atoms with van der Waals surface area (Å²) in [5.74, 6) is 0.801. The third-order valence-electron chi connectivity index (χ3n) is 3.77. The van der Waals surface area contributed by atoms with E-state index in [0.29, 0.717) is 18.7 Å². The van der Waals surface area contributed by atoms with Crippen LogP contribution in [0, 0.1) is 6.92 Å². The number of ketones is 1. The molecular weight excluding hydrogens is 288 g/mol. The minimum atomic E-state index is 0.213. The van der Waals surface area contributed by atoms with Crippen LogP contribution < -0.4 is 0 Å². The zero-order valence-corrected chi connectivity index (χ0v) is 13.2. The summed E-state index contributed by atoms with van der Waals surface area (Å²) in [6.45, 7) is 2.03. The Morgan fingerprint density at radius 3 is 2.43 bits per heavy atom. The Morgan fingerprint density at radius 1 is 1.04 bits per heavy atom. The van der Waals surface area contributed by atoms with Gasteiger partial charge in [0.1, 0.15) is 5.78 Å². The smallest absolute Gasteiger partial charge is 0.204 e. The molecule has 2 aromatic carbocycles. The lowest BCUT2D eigenvalue weighted by atomic mass is 9.99. The predicted molar refractivity (Wildman–Crippen MR) is 87.8 cm³/mol. The number of carbonyl (C=O) groups is 1. The molecule has 0 aliphatic heterocycles. The molecule has 23 heavy (non-hydrogen) atoms. The van der Waals surface area contributed by atoms with Crippen LogP contribution >= 0.6 is 0 Å². The van der Waals surface area contributed by atoms with Gasteiger partial charge in [0.25, 0.3) is 0 Å². The number of nitrogens with zero attached hydrogens (tertiary/aromatic N) is 4. The summed E-state index contributed by atoms with van der Waals surface area (Å²) in [6.07, 6.45) is 0.905. The van der Waals surface area contributed by atoms with Crippen molar-refractivity contribution in [2.24, 2.45) is 7.05 Å². The monoisotopic (exact) mass is 306 g/mol. The first-order chi connectivity index (χ1) is 11.1. The second kappa shape index (κ2) is 6.52. The van der Waals surface area contributed by atoms with Gasteiger partial charge in [0.15, 0.2) is 0 Å². The molecule has 3 aromatic rings. The number of carbonyl (C=O) groups excluding carboxylic acids is 1. The maximum Gasteiger partial charge on any atom is 0.204 e. The normalized spacial score (nSPS) is 10.7. The fourth-order valence-electron chi connectivity index (χ4n) is 2.48. The fourth-order valence-corrected chi connectivity index (χ4v) is 2.48. The van der Waals surface area contributed by atoms with Crippen molar-refractivity contribution in [3.63, 3.8) is 0 Å². The van der Waals surface area contributed by atoms with Crippen LogP contribution in [0.1, 0.15) is 16.7 Å². The molecule has 0 aliphatic carbocycles. The Hall–Kier alpha value is -2.82. The fraction of sp³-hybridized carbons (Fsp3) is 0.222. The summed E-state index contributed by atoms with van der Waals surface area (Å²) < 4.78 is 0. The Bertz CT molecular complexity index is 821. The van der Waals surface area contributed by atoms with Crippen LogP contribution in [0.5, 0.6) is 0 Å². The van der Waals surface area contributed by atoms with Crippen molar-refractivity contribution in [3.05, 3.63) is 65.2 Å². The minimum absolute atomic E-state index is 0.213. The lowest BCUT2D eigenvalue weighted by molar-refractivity contribution is -0.117. The molecule has 5 nitrogen and oxygen atoms in total. The quantitative estimate of drug-likeness (QED) is 0.727. The van der Waals surface area contributed by atoms with E-state index in [9.17, 15) is 4.79 Å². The van der Waals surface area contributed by atoms with Crippen molar-refractivity contribution >= 4 is 5.78 Å². The van der Waals surface area contributed by atoms with Gasteiger partial charge in [-0.2, -0.15) is 4.80 Å². The highest BCUT2D eigenvalue weighted by molar-refractivity contribution is 5.83. The van der Waals surface area contributed by atoms with Gasteiger partial charge in [-0.25, -0.2) is 0 Å². The summed E-state index contributed by atoms with van der Waals surface area (Å²) >= 11 is 0. The number of tetrazole rings is 1. The molecule has 0 unspecified atom stereocenters. The molecular formula is C18H18N4O. The van der Waals surface area contributed by atoms with Gasteiger partial charge in [-0.3, -0.25) is 4.79 Å². The van der Waals surface area contributed by atoms with Gasteiger partial charge < -0.3 is 0 Å². The largest absolute Gasteiger partial charge is 0.299 e. The van der Waals surface area contributed by atoms with E-state index in [1.807, 2.05) is 55.5 Å². The summed E-state index contributed by atoms with van der Waals surface area (Å²) in [5.41, 5.74) is 4.15. The van der Waals surface area contributed by atoms with Crippen LogP contribution in [0.25, 0.3) is 11.4 Å². The zero-order chi connectivity index (χ0) is 16.2. The first-order valence-electron chi connectivity index (χ1n) is 7.51. The SMILES string of the molecule is Cc1ccccc1CC(=O)Cc1ccc(-c2nnn(C)n2)cc1. The van der Waals surface area contributed by atoms with Crippen LogP contribution in [0.4, 0.5) is 0 Å². The molecule has 0 saturated carbocycles. The Balaban J connectivity index is 1.66. The van der Waals surface area contributed by atoms with Gasteiger partial charge in [-0.1, -0.05) is 48.5 Å². The number of aromatic nitrogens is 4. The van der Waals surface area contributed by atoms with Crippen LogP contribution in [0.3, 0.4) is 0 Å². The molecule has 0 bridgehead atoms. The van der Waals surface area contributed by atoms with E-state index >= 15 is 0 Å². The van der Waals surface area contributed by atoms with Crippen LogP contribution in [-0.2, 0) is 24.7 Å². The molecule has 116 valence electrons. The molecule has 0 atom stereocenters. The zero-order valence-electron chi connectivity index (χ0n) is 13.2. The van der Waals surface area contributed by atoms with Gasteiger partial charge in [0.2, 0.25) is 5.82 Å². The summed E-state index contributed by atoms with van der Waals surface area (Å²) in [7, 11) is 1.73. The molecule has 0 N–H and O–H groups in total. The highest BCUT2D eigenvalue weighted by atomic mass is 16.1. The first kappa shape index (κ1) is 15.1. The summed E-state index contributed by atoms with van der Waals surface area (Å²) in [6, 6.07) is 15.7. The van der Waals surface area contributed by atoms with Crippen LogP contribution in [0.2, 0.25) is 0 Å². The number of rotatable bonds is 5. The van der Waals surface area contributed by atoms with Gasteiger partial charge in [-0.15, -0.1) is 10.2 Å². The molecule has 0 spiro atoms. The van der Waals surface area contributed by atoms with E-state index in [0.717, 1.165) is 22.3 Å². The maximum atomic E-state index is 12.3. The minimum Gasteiger partial charge on any atom is -0.299 e. The highest BCUT2D eigenvalue weighted by Gasteiger charge is 2.08. The van der Waals surface area contributed by atoms with Crippen LogP contribution in [-0.4, -0.2) is 26.0 Å². The highest BCUT2D eigenvalue weighted by Crippen LogP contribution is 2.16. The molecule has 0 saturated heterocycles. The second-order valence-corrected chi connectivity index (χ2v) is 5.62. The topological polar surface area (TPSA) is 60.7 Å². The lowest BCUT2D eigenvalue weighted by Gasteiger charge is -2.05. The predicted octanol–water partition coefficient (Wildman–Crippen LogP) is 2.54. The van der Waals surface area contributed by atoms with E-state index in [1.165, 1.54) is 4.80 Å². The van der Waals surface area contributed by atoms with Crippen molar-refractivity contribution in [3.8, 4) is 11.4 Å². The molecule has 0 radical (unpaired) electrons. The van der Waals surface area contributed by atoms with Gasteiger partial charge >= 0.3 is 0 Å². The van der Waals surface area contributed by atoms with Gasteiger partial charge in [-0.05, 0) is 28.8 Å². The van der Waals surface area contributed by atoms with Crippen LogP contribution in [0.15, 0.2) is 48.5 Å².